The number of nitrogens with one attached hydrogen (secondary N) is 1. The van der Waals surface area contributed by atoms with Gasteiger partial charge in [-0.15, -0.1) is 0 Å². The van der Waals surface area contributed by atoms with Crippen LogP contribution < -0.4 is 5.32 Å². The van der Waals surface area contributed by atoms with Crippen molar-refractivity contribution in [3.8, 4) is 0 Å². The molecule has 0 aromatic rings. The first-order valence-electron chi connectivity index (χ1n) is 7.42. The highest BCUT2D eigenvalue weighted by molar-refractivity contribution is 7.76. The lowest BCUT2D eigenvalue weighted by Gasteiger charge is -2.35. The Morgan fingerprint density at radius 3 is 2.58 bits per heavy atom. The Labute approximate surface area is 144 Å². The topological polar surface area (TPSA) is 99.1 Å². The largest absolute Gasteiger partial charge is 0.486 e. The molecule has 0 bridgehead atoms. The summed E-state index contributed by atoms with van der Waals surface area (Å²) >= 11 is -2.22. The predicted molar refractivity (Wildman–Crippen MR) is 92.8 cm³/mol. The Hall–Kier alpha value is -1.90. The first-order valence-corrected chi connectivity index (χ1v) is 8.48. The van der Waals surface area contributed by atoms with Crippen LogP contribution >= 0.6 is 0 Å². The fourth-order valence-corrected chi connectivity index (χ4v) is 2.67. The highest BCUT2D eigenvalue weighted by Crippen LogP contribution is 2.27. The quantitative estimate of drug-likeness (QED) is 0.596. The number of morpholine rings is 1. The van der Waals surface area contributed by atoms with E-state index in [2.05, 4.69) is 18.5 Å². The van der Waals surface area contributed by atoms with Crippen LogP contribution in [0.2, 0.25) is 0 Å². The molecule has 7 nitrogen and oxygen atoms in total. The van der Waals surface area contributed by atoms with Crippen LogP contribution in [0.5, 0.6) is 0 Å². The summed E-state index contributed by atoms with van der Waals surface area (Å²) in [7, 11) is 0. The van der Waals surface area contributed by atoms with Gasteiger partial charge in [-0.2, -0.15) is 0 Å². The molecular formula is C16H24N2O5S. The van der Waals surface area contributed by atoms with Crippen LogP contribution in [0.3, 0.4) is 0 Å². The van der Waals surface area contributed by atoms with Gasteiger partial charge in [-0.3, -0.25) is 13.7 Å². The van der Waals surface area contributed by atoms with Crippen molar-refractivity contribution in [2.45, 2.75) is 32.0 Å². The summed E-state index contributed by atoms with van der Waals surface area (Å²) in [4.78, 5) is 11.6. The molecule has 134 valence electrons. The van der Waals surface area contributed by atoms with Gasteiger partial charge in [-0.25, -0.2) is 4.21 Å². The van der Waals surface area contributed by atoms with E-state index in [1.54, 1.807) is 12.2 Å². The number of hydrogen-bond donors (Lipinski definition) is 3. The van der Waals surface area contributed by atoms with E-state index < -0.39 is 28.9 Å². The molecule has 1 rings (SSSR count). The number of nitrogens with zero attached hydrogens (tertiary/aromatic N) is 1. The van der Waals surface area contributed by atoms with Gasteiger partial charge >= 0.3 is 0 Å². The molecule has 0 spiro atoms. The van der Waals surface area contributed by atoms with Crippen molar-refractivity contribution < 1.29 is 23.4 Å². The van der Waals surface area contributed by atoms with Gasteiger partial charge in [0.2, 0.25) is 0 Å². The second-order valence-corrected chi connectivity index (χ2v) is 6.59. The summed E-state index contributed by atoms with van der Waals surface area (Å²) in [5.74, 6) is -0.0904. The second kappa shape index (κ2) is 8.81. The van der Waals surface area contributed by atoms with Crippen LogP contribution in [0, 0.1) is 0 Å². The smallest absolute Gasteiger partial charge is 0.262 e. The molecule has 1 heterocycles. The minimum Gasteiger partial charge on any atom is -0.486 e. The Kier molecular flexibility index (Phi) is 7.40. The summed E-state index contributed by atoms with van der Waals surface area (Å²) in [5, 5.41) is 12.2. The van der Waals surface area contributed by atoms with Crippen LogP contribution in [-0.4, -0.2) is 48.9 Å². The molecule has 1 aliphatic heterocycles. The summed E-state index contributed by atoms with van der Waals surface area (Å²) in [5.41, 5.74) is -1.03. The zero-order chi connectivity index (χ0) is 18.3. The summed E-state index contributed by atoms with van der Waals surface area (Å²) < 4.78 is 28.2. The van der Waals surface area contributed by atoms with E-state index in [1.165, 1.54) is 30.3 Å². The van der Waals surface area contributed by atoms with Gasteiger partial charge in [0, 0.05) is 13.0 Å². The Bertz CT molecular complexity index is 578. The molecular weight excluding hydrogens is 332 g/mol. The van der Waals surface area contributed by atoms with Gasteiger partial charge < -0.3 is 15.2 Å². The molecule has 0 saturated carbocycles. The van der Waals surface area contributed by atoms with Crippen LogP contribution in [0.25, 0.3) is 0 Å². The minimum atomic E-state index is -2.22. The molecule has 1 saturated heterocycles. The third-order valence-electron chi connectivity index (χ3n) is 3.23. The van der Waals surface area contributed by atoms with Crippen molar-refractivity contribution in [3.63, 3.8) is 0 Å². The molecule has 1 aliphatic rings. The summed E-state index contributed by atoms with van der Waals surface area (Å²) in [6, 6.07) is 0. The Morgan fingerprint density at radius 2 is 2.08 bits per heavy atom. The second-order valence-electron chi connectivity index (χ2n) is 5.69. The summed E-state index contributed by atoms with van der Waals surface area (Å²) in [6.07, 6.45) is 6.19. The molecule has 0 aromatic carbocycles. The zero-order valence-corrected chi connectivity index (χ0v) is 14.7. The van der Waals surface area contributed by atoms with Gasteiger partial charge in [0.25, 0.3) is 17.2 Å². The lowest BCUT2D eigenvalue weighted by Crippen LogP contribution is -2.45. The van der Waals surface area contributed by atoms with Crippen LogP contribution in [0.15, 0.2) is 48.9 Å². The Morgan fingerprint density at radius 1 is 1.46 bits per heavy atom. The minimum absolute atomic E-state index is 0.176. The van der Waals surface area contributed by atoms with Gasteiger partial charge in [0.1, 0.15) is 17.5 Å². The van der Waals surface area contributed by atoms with E-state index in [1.807, 2.05) is 0 Å². The molecule has 0 aromatic heterocycles. The lowest BCUT2D eigenvalue weighted by atomic mass is 10.1. The van der Waals surface area contributed by atoms with E-state index in [9.17, 15) is 18.7 Å². The van der Waals surface area contributed by atoms with Crippen molar-refractivity contribution in [2.75, 3.05) is 13.1 Å². The predicted octanol–water partition coefficient (Wildman–Crippen LogP) is 1.24. The fourth-order valence-electron chi connectivity index (χ4n) is 2.05. The number of rotatable bonds is 7. The van der Waals surface area contributed by atoms with E-state index in [0.29, 0.717) is 17.9 Å². The maximum Gasteiger partial charge on any atom is 0.262 e. The number of aliphatic hydroxyl groups is 1. The van der Waals surface area contributed by atoms with E-state index in [4.69, 9.17) is 4.74 Å². The first-order chi connectivity index (χ1) is 11.2. The molecule has 0 radical (unpaired) electrons. The molecule has 8 heteroatoms. The van der Waals surface area contributed by atoms with Crippen LogP contribution in [0.4, 0.5) is 0 Å². The van der Waals surface area contributed by atoms with E-state index >= 15 is 0 Å². The van der Waals surface area contributed by atoms with E-state index in [0.717, 1.165) is 0 Å². The third-order valence-corrected chi connectivity index (χ3v) is 3.95. The van der Waals surface area contributed by atoms with Crippen molar-refractivity contribution >= 4 is 17.2 Å². The van der Waals surface area contributed by atoms with Crippen molar-refractivity contribution in [1.29, 1.82) is 0 Å². The number of ether oxygens (including phenoxy) is 1. The van der Waals surface area contributed by atoms with Crippen molar-refractivity contribution in [3.05, 3.63) is 48.9 Å². The highest BCUT2D eigenvalue weighted by atomic mass is 32.2. The third kappa shape index (κ3) is 5.63. The number of hydrogen-bond acceptors (Lipinski definition) is 4. The SMILES string of the molecule is C=C/C=C1/OC(CCNC(=O)C(C)(C)O)CN(S(=O)O)/C1=C/C=C. The van der Waals surface area contributed by atoms with Gasteiger partial charge in [-0.1, -0.05) is 25.3 Å². The number of carbonyl (C=O) groups is 1. The van der Waals surface area contributed by atoms with E-state index in [-0.39, 0.29) is 13.1 Å². The average molecular weight is 356 g/mol. The number of amides is 1. The molecule has 0 aliphatic carbocycles. The average Bonchev–Trinajstić information content (AvgIpc) is 2.48. The monoisotopic (exact) mass is 356 g/mol. The molecule has 3 N–H and O–H groups in total. The summed E-state index contributed by atoms with van der Waals surface area (Å²) in [6.45, 7) is 10.4. The van der Waals surface area contributed by atoms with Gasteiger partial charge in [0.05, 0.1) is 12.2 Å². The normalized spacial score (nSPS) is 22.8. The standard InChI is InChI=1S/C16H24N2O5S/c1-5-7-13-14(8-6-2)23-12(11-18(13)24(21)22)9-10-17-15(19)16(3,4)20/h5-8,12,20H,1-2,9-11H2,3-4H3,(H,17,19)(H,21,22)/b13-7+,14-8+. The molecule has 2 atom stereocenters. The van der Waals surface area contributed by atoms with Gasteiger partial charge in [0.15, 0.2) is 0 Å². The van der Waals surface area contributed by atoms with Crippen molar-refractivity contribution in [1.82, 2.24) is 9.62 Å². The maximum absolute atomic E-state index is 11.6. The number of carbonyl (C=O) groups excluding carboxylic acids is 1. The zero-order valence-electron chi connectivity index (χ0n) is 13.9. The van der Waals surface area contributed by atoms with Gasteiger partial charge in [-0.05, 0) is 26.0 Å². The Balaban J connectivity index is 2.81. The van der Waals surface area contributed by atoms with Crippen LogP contribution in [-0.2, 0) is 20.8 Å². The molecule has 1 fully saturated rings. The number of allylic oxidation sites excluding steroid dienone is 4. The lowest BCUT2D eigenvalue weighted by molar-refractivity contribution is -0.136. The maximum atomic E-state index is 11.6. The van der Waals surface area contributed by atoms with Crippen molar-refractivity contribution in [2.24, 2.45) is 0 Å². The highest BCUT2D eigenvalue weighted by Gasteiger charge is 2.31. The van der Waals surface area contributed by atoms with Crippen LogP contribution in [0.1, 0.15) is 20.3 Å². The molecule has 2 unspecified atom stereocenters. The molecule has 1 amide bonds. The first kappa shape index (κ1) is 20.1. The fraction of sp³-hybridized carbons (Fsp3) is 0.438. The molecule has 24 heavy (non-hydrogen) atoms.